The minimum Gasteiger partial charge on any atom is -0.398 e. The van der Waals surface area contributed by atoms with Crippen molar-refractivity contribution in [3.05, 3.63) is 75.2 Å². The molecule has 3 aliphatic heterocycles. The fourth-order valence-electron chi connectivity index (χ4n) is 7.26. The van der Waals surface area contributed by atoms with E-state index in [-0.39, 0.29) is 23.8 Å². The van der Waals surface area contributed by atoms with Crippen molar-refractivity contribution in [3.8, 4) is 11.3 Å². The lowest BCUT2D eigenvalue weighted by atomic mass is 9.98. The van der Waals surface area contributed by atoms with Crippen LogP contribution < -0.4 is 16.7 Å². The summed E-state index contributed by atoms with van der Waals surface area (Å²) in [6.45, 7) is 6.71. The molecule has 3 aliphatic rings. The monoisotopic (exact) mass is 663 g/mol. The van der Waals surface area contributed by atoms with Gasteiger partial charge in [0.15, 0.2) is 0 Å². The smallest absolute Gasteiger partial charge is 0.326 e. The topological polar surface area (TPSA) is 103 Å². The van der Waals surface area contributed by atoms with Gasteiger partial charge in [0, 0.05) is 54.1 Å². The van der Waals surface area contributed by atoms with Crippen LogP contribution in [0.15, 0.2) is 64.0 Å². The third kappa shape index (κ3) is 7.58. The van der Waals surface area contributed by atoms with E-state index in [4.69, 9.17) is 5.73 Å². The van der Waals surface area contributed by atoms with Gasteiger partial charge in [-0.15, -0.1) is 0 Å². The van der Waals surface area contributed by atoms with Gasteiger partial charge < -0.3 is 30.7 Å². The molecule has 0 radical (unpaired) electrons. The Hall–Kier alpha value is -3.08. The molecule has 3 aromatic rings. The molecule has 4 heterocycles. The van der Waals surface area contributed by atoms with Gasteiger partial charge in [-0.2, -0.15) is 0 Å². The highest BCUT2D eigenvalue weighted by atomic mass is 79.9. The van der Waals surface area contributed by atoms with Gasteiger partial charge in [0.1, 0.15) is 0 Å². The first-order chi connectivity index (χ1) is 21.4. The lowest BCUT2D eigenvalue weighted by Gasteiger charge is -2.41. The van der Waals surface area contributed by atoms with E-state index < -0.39 is 0 Å². The quantitative estimate of drug-likeness (QED) is 0.291. The first-order valence-electron chi connectivity index (χ1n) is 16.4. The predicted molar refractivity (Wildman–Crippen MR) is 180 cm³/mol. The molecule has 0 spiro atoms. The van der Waals surface area contributed by atoms with E-state index in [2.05, 4.69) is 48.2 Å². The number of carbonyl (C=O) groups is 1. The molecule has 0 bridgehead atoms. The van der Waals surface area contributed by atoms with Crippen LogP contribution in [0.5, 0.6) is 0 Å². The zero-order valence-corrected chi connectivity index (χ0v) is 27.2. The number of aromatic nitrogens is 2. The molecule has 2 aromatic carbocycles. The van der Waals surface area contributed by atoms with E-state index in [1.165, 1.54) is 45.2 Å². The van der Waals surface area contributed by atoms with E-state index in [9.17, 15) is 9.59 Å². The van der Waals surface area contributed by atoms with E-state index in [0.29, 0.717) is 19.1 Å². The minimum atomic E-state index is -0.0921. The van der Waals surface area contributed by atoms with Crippen LogP contribution in [0.25, 0.3) is 11.3 Å². The van der Waals surface area contributed by atoms with E-state index in [0.717, 1.165) is 65.9 Å². The minimum absolute atomic E-state index is 0.0111. The lowest BCUT2D eigenvalue weighted by Crippen LogP contribution is -2.54. The number of aromatic amines is 1. The van der Waals surface area contributed by atoms with Crippen molar-refractivity contribution in [2.45, 2.75) is 69.5 Å². The number of anilines is 1. The second-order valence-corrected chi connectivity index (χ2v) is 13.7. The van der Waals surface area contributed by atoms with Crippen LogP contribution >= 0.6 is 15.9 Å². The zero-order valence-electron chi connectivity index (χ0n) is 25.6. The number of hydrogen-bond donors (Lipinski definition) is 3. The lowest BCUT2D eigenvalue weighted by molar-refractivity contribution is 0.0876. The maximum atomic E-state index is 13.6. The van der Waals surface area contributed by atoms with Gasteiger partial charge in [-0.3, -0.25) is 4.57 Å². The van der Waals surface area contributed by atoms with Crippen molar-refractivity contribution in [2.75, 3.05) is 51.5 Å². The normalized spacial score (nSPS) is 20.1. The number of benzene rings is 2. The molecule has 0 saturated carbocycles. The van der Waals surface area contributed by atoms with Gasteiger partial charge in [0.25, 0.3) is 0 Å². The standard InChI is InChI=1S/C34H46BrN7O2/c35-30-22-25(9-10-31(30)36)21-27(23-39-17-11-28(12-18-39)40-15-5-2-6-16-40)37-33(43)41-19-13-29(14-20-41)42-24-32(38-34(42)44)26-7-3-1-4-8-26/h1,3-4,7-10,22,24,27-29H,2,5-6,11-21,23,36H2,(H,37,43)(H,38,44)/t27-/m1/s1. The molecule has 236 valence electrons. The summed E-state index contributed by atoms with van der Waals surface area (Å²) in [6, 6.07) is 16.7. The zero-order chi connectivity index (χ0) is 30.5. The number of amides is 2. The number of likely N-dealkylation sites (tertiary alicyclic amines) is 3. The van der Waals surface area contributed by atoms with Crippen LogP contribution in [-0.2, 0) is 6.42 Å². The SMILES string of the molecule is Nc1ccc(C[C@H](CN2CCC(N3CCCCC3)CC2)NC(=O)N2CCC(n3cc(-c4ccccc4)[nH]c3=O)CC2)cc1Br. The number of urea groups is 1. The molecule has 1 aromatic heterocycles. The Morgan fingerprint density at radius 3 is 2.34 bits per heavy atom. The van der Waals surface area contributed by atoms with Crippen molar-refractivity contribution in [1.82, 2.24) is 29.6 Å². The fraction of sp³-hybridized carbons (Fsp3) is 0.529. The number of nitrogens with one attached hydrogen (secondary N) is 2. The number of imidazole rings is 1. The van der Waals surface area contributed by atoms with Crippen molar-refractivity contribution >= 4 is 27.6 Å². The molecule has 9 nitrogen and oxygen atoms in total. The molecule has 3 fully saturated rings. The Morgan fingerprint density at radius 1 is 0.932 bits per heavy atom. The average molecular weight is 665 g/mol. The molecule has 3 saturated heterocycles. The maximum absolute atomic E-state index is 13.6. The summed E-state index contributed by atoms with van der Waals surface area (Å²) in [7, 11) is 0. The van der Waals surface area contributed by atoms with Crippen LogP contribution in [0.3, 0.4) is 0 Å². The van der Waals surface area contributed by atoms with Crippen LogP contribution in [0.4, 0.5) is 10.5 Å². The number of nitrogens with zero attached hydrogens (tertiary/aromatic N) is 4. The Bertz CT molecular complexity index is 1440. The van der Waals surface area contributed by atoms with Gasteiger partial charge in [-0.05, 0) is 110 Å². The van der Waals surface area contributed by atoms with Crippen LogP contribution in [-0.4, -0.2) is 88.2 Å². The van der Waals surface area contributed by atoms with Gasteiger partial charge in [0.05, 0.1) is 5.69 Å². The molecule has 0 aliphatic carbocycles. The number of H-pyrrole nitrogens is 1. The third-order valence-corrected chi connectivity index (χ3v) is 10.5. The Labute approximate surface area is 268 Å². The van der Waals surface area contributed by atoms with E-state index in [1.807, 2.05) is 52.1 Å². The number of nitrogens with two attached hydrogens (primary N) is 1. The highest BCUT2D eigenvalue weighted by molar-refractivity contribution is 9.10. The summed E-state index contributed by atoms with van der Waals surface area (Å²) in [5.74, 6) is 0. The van der Waals surface area contributed by atoms with Gasteiger partial charge >= 0.3 is 11.7 Å². The third-order valence-electron chi connectivity index (χ3n) is 9.79. The van der Waals surface area contributed by atoms with Gasteiger partial charge in [-0.1, -0.05) is 42.8 Å². The summed E-state index contributed by atoms with van der Waals surface area (Å²) in [4.78, 5) is 36.6. The second kappa shape index (κ2) is 14.3. The molecular weight excluding hydrogens is 618 g/mol. The van der Waals surface area contributed by atoms with Crippen molar-refractivity contribution in [3.63, 3.8) is 0 Å². The van der Waals surface area contributed by atoms with Gasteiger partial charge in [0.2, 0.25) is 0 Å². The highest BCUT2D eigenvalue weighted by Crippen LogP contribution is 2.26. The largest absolute Gasteiger partial charge is 0.398 e. The van der Waals surface area contributed by atoms with Crippen LogP contribution in [0, 0.1) is 0 Å². The highest BCUT2D eigenvalue weighted by Gasteiger charge is 2.30. The Balaban J connectivity index is 1.06. The summed E-state index contributed by atoms with van der Waals surface area (Å²) >= 11 is 3.57. The first-order valence-corrected chi connectivity index (χ1v) is 17.1. The van der Waals surface area contributed by atoms with Crippen molar-refractivity contribution < 1.29 is 4.79 Å². The summed E-state index contributed by atoms with van der Waals surface area (Å²) in [5.41, 5.74) is 9.66. The van der Waals surface area contributed by atoms with Crippen molar-refractivity contribution in [2.24, 2.45) is 0 Å². The Morgan fingerprint density at radius 2 is 1.64 bits per heavy atom. The number of hydrogen-bond acceptors (Lipinski definition) is 5. The van der Waals surface area contributed by atoms with Gasteiger partial charge in [-0.25, -0.2) is 9.59 Å². The predicted octanol–water partition coefficient (Wildman–Crippen LogP) is 5.10. The molecule has 1 atom stereocenters. The molecule has 2 amide bonds. The molecule has 10 heteroatoms. The summed E-state index contributed by atoms with van der Waals surface area (Å²) < 4.78 is 2.70. The van der Waals surface area contributed by atoms with Crippen LogP contribution in [0.1, 0.15) is 56.6 Å². The molecule has 4 N–H and O–H groups in total. The molecule has 44 heavy (non-hydrogen) atoms. The maximum Gasteiger partial charge on any atom is 0.326 e. The summed E-state index contributed by atoms with van der Waals surface area (Å²) in [5, 5.41) is 3.40. The van der Waals surface area contributed by atoms with E-state index >= 15 is 0 Å². The second-order valence-electron chi connectivity index (χ2n) is 12.8. The molecular formula is C34H46BrN7O2. The average Bonchev–Trinajstić information content (AvgIpc) is 3.45. The number of piperidine rings is 3. The number of carbonyl (C=O) groups excluding carboxylic acids is 1. The summed E-state index contributed by atoms with van der Waals surface area (Å²) in [6.07, 6.45) is 10.6. The van der Waals surface area contributed by atoms with E-state index in [1.54, 1.807) is 0 Å². The molecule has 6 rings (SSSR count). The number of halogens is 1. The van der Waals surface area contributed by atoms with Crippen LogP contribution in [0.2, 0.25) is 0 Å². The number of nitrogen functional groups attached to an aromatic ring is 1. The number of rotatable bonds is 8. The Kier molecular flexibility index (Phi) is 10.1. The first kappa shape index (κ1) is 30.9. The van der Waals surface area contributed by atoms with Crippen molar-refractivity contribution in [1.29, 1.82) is 0 Å². The fourth-order valence-corrected chi connectivity index (χ4v) is 7.69. The molecule has 0 unspecified atom stereocenters.